The summed E-state index contributed by atoms with van der Waals surface area (Å²) < 4.78 is 41.1. The van der Waals surface area contributed by atoms with E-state index in [4.69, 9.17) is 0 Å². The number of aromatic nitrogens is 3. The maximum atomic E-state index is 13.7. The molecule has 156 valence electrons. The lowest BCUT2D eigenvalue weighted by molar-refractivity contribution is -0.137. The van der Waals surface area contributed by atoms with Gasteiger partial charge in [0.25, 0.3) is 0 Å². The fourth-order valence-corrected chi connectivity index (χ4v) is 3.96. The minimum absolute atomic E-state index is 0.0290. The van der Waals surface area contributed by atoms with Crippen LogP contribution in [-0.4, -0.2) is 45.0 Å². The van der Waals surface area contributed by atoms with Crippen LogP contribution in [0.3, 0.4) is 0 Å². The predicted molar refractivity (Wildman–Crippen MR) is 112 cm³/mol. The topological polar surface area (TPSA) is 73.8 Å². The molecule has 3 N–H and O–H groups in total. The van der Waals surface area contributed by atoms with Crippen LogP contribution in [-0.2, 0) is 6.18 Å². The Labute approximate surface area is 168 Å². The highest BCUT2D eigenvalue weighted by Crippen LogP contribution is 2.39. The summed E-state index contributed by atoms with van der Waals surface area (Å²) in [5.41, 5.74) is -1.00. The third kappa shape index (κ3) is 4.38. The van der Waals surface area contributed by atoms with E-state index in [1.807, 2.05) is 12.1 Å². The molecule has 0 saturated heterocycles. The second-order valence-electron chi connectivity index (χ2n) is 7.77. The standard InChI is InChI=1S/C20H24F3N4OP/c1-11(19(2,3)28)26-18-25-10-14(20(21,22)23)16(27-18)13-9-24-17-12(13)7-6-8-15(17)29(4)5/h6-11,24,28H,1-5H3,(H,25,26,27). The van der Waals surface area contributed by atoms with E-state index in [0.29, 0.717) is 10.9 Å². The Morgan fingerprint density at radius 1 is 1.21 bits per heavy atom. The summed E-state index contributed by atoms with van der Waals surface area (Å²) in [4.78, 5) is 11.2. The zero-order valence-electron chi connectivity index (χ0n) is 16.9. The van der Waals surface area contributed by atoms with Crippen molar-refractivity contribution in [2.24, 2.45) is 0 Å². The quantitative estimate of drug-likeness (QED) is 0.524. The van der Waals surface area contributed by atoms with Gasteiger partial charge in [-0.2, -0.15) is 13.2 Å². The van der Waals surface area contributed by atoms with Gasteiger partial charge in [-0.15, -0.1) is 0 Å². The van der Waals surface area contributed by atoms with E-state index in [-0.39, 0.29) is 11.6 Å². The zero-order chi connectivity index (χ0) is 21.6. The number of halogens is 3. The van der Waals surface area contributed by atoms with Gasteiger partial charge in [-0.1, -0.05) is 26.1 Å². The number of fused-ring (bicyclic) bond motifs is 1. The largest absolute Gasteiger partial charge is 0.419 e. The molecule has 0 spiro atoms. The molecule has 5 nitrogen and oxygen atoms in total. The number of H-pyrrole nitrogens is 1. The summed E-state index contributed by atoms with van der Waals surface area (Å²) in [5.74, 6) is 0.0290. The van der Waals surface area contributed by atoms with Crippen LogP contribution in [0.15, 0.2) is 30.6 Å². The molecule has 0 aliphatic rings. The van der Waals surface area contributed by atoms with Crippen LogP contribution in [0.25, 0.3) is 22.2 Å². The van der Waals surface area contributed by atoms with Gasteiger partial charge in [0, 0.05) is 23.3 Å². The van der Waals surface area contributed by atoms with Crippen molar-refractivity contribution in [1.82, 2.24) is 15.0 Å². The van der Waals surface area contributed by atoms with Crippen molar-refractivity contribution in [3.05, 3.63) is 36.2 Å². The van der Waals surface area contributed by atoms with E-state index in [0.717, 1.165) is 17.0 Å². The molecule has 2 heterocycles. The number of aromatic amines is 1. The maximum Gasteiger partial charge on any atom is 0.419 e. The van der Waals surface area contributed by atoms with Crippen molar-refractivity contribution in [2.45, 2.75) is 38.6 Å². The minimum atomic E-state index is -4.60. The molecule has 3 rings (SSSR count). The lowest BCUT2D eigenvalue weighted by atomic mass is 10.0. The number of hydrogen-bond acceptors (Lipinski definition) is 4. The summed E-state index contributed by atoms with van der Waals surface area (Å²) in [6.45, 7) is 9.10. The molecule has 3 aromatic rings. The Balaban J connectivity index is 2.18. The molecule has 0 aliphatic heterocycles. The molecule has 1 unspecified atom stereocenters. The predicted octanol–water partition coefficient (Wildman–Crippen LogP) is 4.58. The number of aliphatic hydroxyl groups is 1. The highest BCUT2D eigenvalue weighted by Gasteiger charge is 2.36. The fraction of sp³-hybridized carbons (Fsp3) is 0.400. The zero-order valence-corrected chi connectivity index (χ0v) is 17.8. The Bertz CT molecular complexity index is 1020. The van der Waals surface area contributed by atoms with Crippen molar-refractivity contribution in [3.63, 3.8) is 0 Å². The summed E-state index contributed by atoms with van der Waals surface area (Å²) in [7, 11) is -0.439. The van der Waals surface area contributed by atoms with E-state index in [1.165, 1.54) is 0 Å². The maximum absolute atomic E-state index is 13.7. The van der Waals surface area contributed by atoms with Gasteiger partial charge >= 0.3 is 6.18 Å². The number of hydrogen-bond donors (Lipinski definition) is 3. The van der Waals surface area contributed by atoms with E-state index in [1.54, 1.807) is 33.0 Å². The molecular formula is C20H24F3N4OP. The van der Waals surface area contributed by atoms with Crippen molar-refractivity contribution in [2.75, 3.05) is 18.6 Å². The van der Waals surface area contributed by atoms with Crippen LogP contribution in [0.4, 0.5) is 19.1 Å². The molecule has 29 heavy (non-hydrogen) atoms. The van der Waals surface area contributed by atoms with Crippen LogP contribution >= 0.6 is 7.92 Å². The van der Waals surface area contributed by atoms with Crippen LogP contribution < -0.4 is 10.6 Å². The van der Waals surface area contributed by atoms with Crippen molar-refractivity contribution in [3.8, 4) is 11.3 Å². The van der Waals surface area contributed by atoms with Gasteiger partial charge in [-0.05, 0) is 39.4 Å². The highest BCUT2D eigenvalue weighted by atomic mass is 31.1. The number of rotatable bonds is 5. The normalized spacial score (nSPS) is 13.9. The van der Waals surface area contributed by atoms with Crippen LogP contribution in [0.1, 0.15) is 26.3 Å². The Morgan fingerprint density at radius 2 is 1.90 bits per heavy atom. The number of nitrogens with zero attached hydrogens (tertiary/aromatic N) is 2. The molecule has 0 fully saturated rings. The molecule has 0 amide bonds. The molecule has 0 bridgehead atoms. The average Bonchev–Trinajstić information content (AvgIpc) is 3.03. The second-order valence-corrected chi connectivity index (χ2v) is 10.0. The van der Waals surface area contributed by atoms with Gasteiger partial charge in [0.15, 0.2) is 0 Å². The van der Waals surface area contributed by atoms with Gasteiger partial charge in [-0.3, -0.25) is 0 Å². The number of alkyl halides is 3. The highest BCUT2D eigenvalue weighted by molar-refractivity contribution is 7.64. The Morgan fingerprint density at radius 3 is 2.48 bits per heavy atom. The molecule has 1 aromatic carbocycles. The number of anilines is 1. The summed E-state index contributed by atoms with van der Waals surface area (Å²) >= 11 is 0. The molecule has 0 aliphatic carbocycles. The van der Waals surface area contributed by atoms with Gasteiger partial charge in [0.05, 0.1) is 22.9 Å². The first-order valence-corrected chi connectivity index (χ1v) is 11.3. The molecule has 2 aromatic heterocycles. The number of benzene rings is 1. The lowest BCUT2D eigenvalue weighted by Gasteiger charge is -2.27. The van der Waals surface area contributed by atoms with Gasteiger partial charge in [-0.25, -0.2) is 9.97 Å². The van der Waals surface area contributed by atoms with E-state index >= 15 is 0 Å². The van der Waals surface area contributed by atoms with Gasteiger partial charge in [0.1, 0.15) is 5.56 Å². The van der Waals surface area contributed by atoms with E-state index in [9.17, 15) is 18.3 Å². The lowest BCUT2D eigenvalue weighted by Crippen LogP contribution is -2.39. The monoisotopic (exact) mass is 424 g/mol. The number of nitrogens with one attached hydrogen (secondary N) is 2. The summed E-state index contributed by atoms with van der Waals surface area (Å²) in [5, 5.41) is 14.8. The van der Waals surface area contributed by atoms with Crippen LogP contribution in [0.5, 0.6) is 0 Å². The molecular weight excluding hydrogens is 400 g/mol. The second kappa shape index (κ2) is 7.58. The summed E-state index contributed by atoms with van der Waals surface area (Å²) in [6.07, 6.45) is -2.25. The SMILES string of the molecule is CC(Nc1ncc(C(F)(F)F)c(-c2c[nH]c3c(P(C)C)cccc23)n1)C(C)(C)O. The van der Waals surface area contributed by atoms with Crippen molar-refractivity contribution >= 4 is 30.1 Å². The van der Waals surface area contributed by atoms with Gasteiger partial charge in [0.2, 0.25) is 5.95 Å². The third-order valence-corrected chi connectivity index (χ3v) is 6.27. The molecule has 9 heteroatoms. The third-order valence-electron chi connectivity index (χ3n) is 4.93. The smallest absolute Gasteiger partial charge is 0.388 e. The minimum Gasteiger partial charge on any atom is -0.388 e. The average molecular weight is 424 g/mol. The first-order chi connectivity index (χ1) is 13.4. The Hall–Kier alpha value is -2.18. The molecule has 1 atom stereocenters. The molecule has 0 saturated carbocycles. The first kappa shape index (κ1) is 21.5. The van der Waals surface area contributed by atoms with Gasteiger partial charge < -0.3 is 15.4 Å². The fourth-order valence-electron chi connectivity index (χ4n) is 2.94. The summed E-state index contributed by atoms with van der Waals surface area (Å²) in [6, 6.07) is 5.15. The first-order valence-electron chi connectivity index (χ1n) is 9.10. The van der Waals surface area contributed by atoms with Crippen molar-refractivity contribution in [1.29, 1.82) is 0 Å². The van der Waals surface area contributed by atoms with E-state index in [2.05, 4.69) is 33.6 Å². The van der Waals surface area contributed by atoms with Crippen molar-refractivity contribution < 1.29 is 18.3 Å². The number of para-hydroxylation sites is 1. The van der Waals surface area contributed by atoms with Crippen LogP contribution in [0.2, 0.25) is 0 Å². The Kier molecular flexibility index (Phi) is 5.62. The van der Waals surface area contributed by atoms with E-state index < -0.39 is 31.3 Å². The van der Waals surface area contributed by atoms with Crippen LogP contribution in [0, 0.1) is 0 Å². The molecule has 0 radical (unpaired) electrons.